The van der Waals surface area contributed by atoms with Gasteiger partial charge in [-0.2, -0.15) is 0 Å². The Balaban J connectivity index is 2.62. The van der Waals surface area contributed by atoms with Crippen LogP contribution in [-0.4, -0.2) is 4.57 Å². The van der Waals surface area contributed by atoms with Crippen LogP contribution in [0.4, 0.5) is 0 Å². The molecule has 2 heterocycles. The molecule has 1 aromatic carbocycles. The molecule has 0 radical (unpaired) electrons. The summed E-state index contributed by atoms with van der Waals surface area (Å²) in [4.78, 5) is 0. The van der Waals surface area contributed by atoms with Crippen molar-refractivity contribution in [2.24, 2.45) is 7.05 Å². The van der Waals surface area contributed by atoms with E-state index in [1.807, 2.05) is 11.3 Å². The number of aromatic nitrogens is 1. The predicted octanol–water partition coefficient (Wildman–Crippen LogP) is 3.70. The second-order valence-corrected chi connectivity index (χ2v) is 4.74. The highest BCUT2D eigenvalue weighted by atomic mass is 32.1. The summed E-state index contributed by atoms with van der Waals surface area (Å²) in [7, 11) is 2.14. The topological polar surface area (TPSA) is 4.93 Å². The minimum absolute atomic E-state index is 1.33. The molecule has 70 valence electrons. The molecular weight excluding hydrogens is 190 g/mol. The molecule has 0 N–H and O–H groups in total. The van der Waals surface area contributed by atoms with Crippen molar-refractivity contribution in [3.63, 3.8) is 0 Å². The van der Waals surface area contributed by atoms with Crippen LogP contribution < -0.4 is 0 Å². The molecule has 3 rings (SSSR count). The van der Waals surface area contributed by atoms with Gasteiger partial charge in [0.05, 0.1) is 10.2 Å². The number of hydrogen-bond acceptors (Lipinski definition) is 1. The molecule has 0 bridgehead atoms. The average molecular weight is 201 g/mol. The monoisotopic (exact) mass is 201 g/mol. The minimum atomic E-state index is 1.33. The third kappa shape index (κ3) is 0.891. The fourth-order valence-corrected chi connectivity index (χ4v) is 3.19. The summed E-state index contributed by atoms with van der Waals surface area (Å²) >= 11 is 1.88. The quantitative estimate of drug-likeness (QED) is 0.522. The molecule has 2 aromatic heterocycles. The zero-order valence-electron chi connectivity index (χ0n) is 8.24. The van der Waals surface area contributed by atoms with Crippen LogP contribution in [0.2, 0.25) is 0 Å². The van der Waals surface area contributed by atoms with Gasteiger partial charge in [-0.25, -0.2) is 0 Å². The van der Waals surface area contributed by atoms with Crippen LogP contribution in [0.1, 0.15) is 5.69 Å². The van der Waals surface area contributed by atoms with Crippen molar-refractivity contribution >= 4 is 31.6 Å². The third-order valence-corrected chi connectivity index (χ3v) is 3.91. The first-order valence-corrected chi connectivity index (χ1v) is 5.52. The van der Waals surface area contributed by atoms with Crippen LogP contribution in [0.3, 0.4) is 0 Å². The molecule has 0 aliphatic rings. The molecule has 0 atom stereocenters. The van der Waals surface area contributed by atoms with Crippen molar-refractivity contribution in [2.75, 3.05) is 0 Å². The first-order valence-electron chi connectivity index (χ1n) is 4.71. The summed E-state index contributed by atoms with van der Waals surface area (Å²) in [6, 6.07) is 10.9. The van der Waals surface area contributed by atoms with E-state index in [0.717, 1.165) is 0 Å². The Labute approximate surface area is 86.6 Å². The van der Waals surface area contributed by atoms with Crippen molar-refractivity contribution in [3.8, 4) is 0 Å². The van der Waals surface area contributed by atoms with Gasteiger partial charge in [-0.05, 0) is 19.1 Å². The molecule has 0 fully saturated rings. The number of aryl methyl sites for hydroxylation is 2. The van der Waals surface area contributed by atoms with Crippen LogP contribution in [0.15, 0.2) is 30.3 Å². The minimum Gasteiger partial charge on any atom is -0.347 e. The van der Waals surface area contributed by atoms with E-state index in [1.165, 1.54) is 26.0 Å². The molecular formula is C12H11NS. The van der Waals surface area contributed by atoms with E-state index in [1.54, 1.807) is 0 Å². The predicted molar refractivity (Wildman–Crippen MR) is 63.0 cm³/mol. The fourth-order valence-electron chi connectivity index (χ4n) is 1.96. The largest absolute Gasteiger partial charge is 0.347 e. The summed E-state index contributed by atoms with van der Waals surface area (Å²) in [5.74, 6) is 0. The van der Waals surface area contributed by atoms with Gasteiger partial charge in [0.15, 0.2) is 0 Å². The molecule has 0 spiro atoms. The molecule has 2 heteroatoms. The van der Waals surface area contributed by atoms with Crippen LogP contribution in [-0.2, 0) is 7.05 Å². The van der Waals surface area contributed by atoms with E-state index in [0.29, 0.717) is 0 Å². The Hall–Kier alpha value is -1.28. The molecule has 0 saturated heterocycles. The highest BCUT2D eigenvalue weighted by molar-refractivity contribution is 7.25. The first kappa shape index (κ1) is 8.06. The third-order valence-electron chi connectivity index (χ3n) is 2.80. The van der Waals surface area contributed by atoms with Gasteiger partial charge in [0.25, 0.3) is 0 Å². The highest BCUT2D eigenvalue weighted by Gasteiger charge is 2.08. The Morgan fingerprint density at radius 1 is 1.14 bits per heavy atom. The SMILES string of the molecule is Cc1cc2sc3ccccc3c2n1C. The van der Waals surface area contributed by atoms with Gasteiger partial charge in [0.2, 0.25) is 0 Å². The van der Waals surface area contributed by atoms with Crippen molar-refractivity contribution in [2.45, 2.75) is 6.92 Å². The van der Waals surface area contributed by atoms with Crippen molar-refractivity contribution in [1.29, 1.82) is 0 Å². The smallest absolute Gasteiger partial charge is 0.0669 e. The van der Waals surface area contributed by atoms with Crippen molar-refractivity contribution in [3.05, 3.63) is 36.0 Å². The lowest BCUT2D eigenvalue weighted by Crippen LogP contribution is -1.88. The van der Waals surface area contributed by atoms with E-state index in [4.69, 9.17) is 0 Å². The van der Waals surface area contributed by atoms with E-state index < -0.39 is 0 Å². The van der Waals surface area contributed by atoms with Crippen LogP contribution in [0, 0.1) is 6.92 Å². The Morgan fingerprint density at radius 2 is 1.93 bits per heavy atom. The maximum Gasteiger partial charge on any atom is 0.0669 e. The van der Waals surface area contributed by atoms with E-state index >= 15 is 0 Å². The number of fused-ring (bicyclic) bond motifs is 3. The van der Waals surface area contributed by atoms with Gasteiger partial charge in [-0.15, -0.1) is 11.3 Å². The summed E-state index contributed by atoms with van der Waals surface area (Å²) < 4.78 is 5.05. The van der Waals surface area contributed by atoms with Crippen LogP contribution in [0.25, 0.3) is 20.3 Å². The number of thiophene rings is 1. The standard InChI is InChI=1S/C12H11NS/c1-8-7-11-12(13(8)2)9-5-3-4-6-10(9)14-11/h3-7H,1-2H3. The van der Waals surface area contributed by atoms with Crippen LogP contribution >= 0.6 is 11.3 Å². The normalized spacial score (nSPS) is 11.6. The molecule has 3 aromatic rings. The van der Waals surface area contributed by atoms with Crippen molar-refractivity contribution < 1.29 is 0 Å². The molecule has 0 saturated carbocycles. The lowest BCUT2D eigenvalue weighted by molar-refractivity contribution is 0.921. The fraction of sp³-hybridized carbons (Fsp3) is 0.167. The molecule has 1 nitrogen and oxygen atoms in total. The molecule has 0 aliphatic carbocycles. The number of rotatable bonds is 0. The van der Waals surface area contributed by atoms with Gasteiger partial charge < -0.3 is 4.57 Å². The lowest BCUT2D eigenvalue weighted by atomic mass is 10.2. The maximum atomic E-state index is 2.27. The van der Waals surface area contributed by atoms with Crippen LogP contribution in [0.5, 0.6) is 0 Å². The number of nitrogens with zero attached hydrogens (tertiary/aromatic N) is 1. The first-order chi connectivity index (χ1) is 6.77. The van der Waals surface area contributed by atoms with E-state index in [-0.39, 0.29) is 0 Å². The Morgan fingerprint density at radius 3 is 2.79 bits per heavy atom. The Kier molecular flexibility index (Phi) is 1.50. The molecule has 0 amide bonds. The molecule has 14 heavy (non-hydrogen) atoms. The van der Waals surface area contributed by atoms with E-state index in [2.05, 4.69) is 48.9 Å². The highest BCUT2D eigenvalue weighted by Crippen LogP contribution is 2.34. The average Bonchev–Trinajstić information content (AvgIpc) is 2.65. The summed E-state index contributed by atoms with van der Waals surface area (Å²) in [5, 5.41) is 1.38. The molecule has 0 aliphatic heterocycles. The summed E-state index contributed by atoms with van der Waals surface area (Å²) in [5.41, 5.74) is 2.71. The van der Waals surface area contributed by atoms with Gasteiger partial charge in [0, 0.05) is 22.8 Å². The summed E-state index contributed by atoms with van der Waals surface area (Å²) in [6.07, 6.45) is 0. The Bertz CT molecular complexity index is 616. The zero-order chi connectivity index (χ0) is 9.71. The van der Waals surface area contributed by atoms with E-state index in [9.17, 15) is 0 Å². The van der Waals surface area contributed by atoms with Gasteiger partial charge >= 0.3 is 0 Å². The number of hydrogen-bond donors (Lipinski definition) is 0. The molecule has 0 unspecified atom stereocenters. The number of benzene rings is 1. The van der Waals surface area contributed by atoms with Gasteiger partial charge in [-0.3, -0.25) is 0 Å². The second-order valence-electron chi connectivity index (χ2n) is 3.66. The zero-order valence-corrected chi connectivity index (χ0v) is 9.06. The lowest BCUT2D eigenvalue weighted by Gasteiger charge is -1.97. The maximum absolute atomic E-state index is 2.27. The van der Waals surface area contributed by atoms with Crippen molar-refractivity contribution in [1.82, 2.24) is 4.57 Å². The second kappa shape index (κ2) is 2.61. The summed E-state index contributed by atoms with van der Waals surface area (Å²) in [6.45, 7) is 2.15. The van der Waals surface area contributed by atoms with Gasteiger partial charge in [-0.1, -0.05) is 18.2 Å². The van der Waals surface area contributed by atoms with Gasteiger partial charge in [0.1, 0.15) is 0 Å².